The number of aromatic nitrogens is 3. The van der Waals surface area contributed by atoms with E-state index in [1.165, 1.54) is 6.42 Å². The molecule has 134 valence electrons. The monoisotopic (exact) mass is 360 g/mol. The Labute approximate surface area is 148 Å². The summed E-state index contributed by atoms with van der Waals surface area (Å²) in [6, 6.07) is 9.22. The highest BCUT2D eigenvalue weighted by Crippen LogP contribution is 2.35. The molecule has 1 atom stereocenters. The van der Waals surface area contributed by atoms with Crippen molar-refractivity contribution >= 4 is 10.0 Å². The van der Waals surface area contributed by atoms with Gasteiger partial charge in [0.2, 0.25) is 10.0 Å². The average molecular weight is 360 g/mol. The summed E-state index contributed by atoms with van der Waals surface area (Å²) < 4.78 is 29.9. The Morgan fingerprint density at radius 3 is 2.68 bits per heavy atom. The standard InChI is InChI=1S/C18H24N4O2S/c23-25(24,14-15-8-3-1-4-9-15)22-13-7-10-16(22)18-20-19-17-11-5-2-6-12-21(17)18/h1,3-4,8-9,16H,2,5-7,10-14H2/t16-/m1/s1. The zero-order valence-electron chi connectivity index (χ0n) is 14.3. The van der Waals surface area contributed by atoms with Crippen molar-refractivity contribution in [3.05, 3.63) is 47.5 Å². The van der Waals surface area contributed by atoms with E-state index in [0.29, 0.717) is 6.54 Å². The molecule has 2 aliphatic rings. The molecule has 25 heavy (non-hydrogen) atoms. The van der Waals surface area contributed by atoms with E-state index in [1.807, 2.05) is 30.3 Å². The van der Waals surface area contributed by atoms with Crippen LogP contribution in [0.3, 0.4) is 0 Å². The third kappa shape index (κ3) is 3.35. The van der Waals surface area contributed by atoms with Crippen LogP contribution in [0.25, 0.3) is 0 Å². The number of benzene rings is 1. The van der Waals surface area contributed by atoms with Gasteiger partial charge in [-0.15, -0.1) is 10.2 Å². The molecule has 0 aliphatic carbocycles. The quantitative estimate of drug-likeness (QED) is 0.841. The van der Waals surface area contributed by atoms with Crippen LogP contribution in [0.5, 0.6) is 0 Å². The fraction of sp³-hybridized carbons (Fsp3) is 0.556. The zero-order valence-corrected chi connectivity index (χ0v) is 15.2. The molecule has 1 aromatic carbocycles. The van der Waals surface area contributed by atoms with Gasteiger partial charge in [0, 0.05) is 19.5 Å². The molecular weight excluding hydrogens is 336 g/mol. The van der Waals surface area contributed by atoms with Crippen molar-refractivity contribution in [2.75, 3.05) is 6.54 Å². The Kier molecular flexibility index (Phi) is 4.60. The number of aryl methyl sites for hydroxylation is 1. The number of hydrogen-bond acceptors (Lipinski definition) is 4. The fourth-order valence-electron chi connectivity index (χ4n) is 3.95. The largest absolute Gasteiger partial charge is 0.314 e. The second-order valence-electron chi connectivity index (χ2n) is 6.95. The predicted octanol–water partition coefficient (Wildman–Crippen LogP) is 2.67. The molecule has 0 spiro atoms. The van der Waals surface area contributed by atoms with E-state index in [9.17, 15) is 8.42 Å². The normalized spacial score (nSPS) is 21.8. The van der Waals surface area contributed by atoms with Crippen LogP contribution in [0.1, 0.15) is 55.4 Å². The number of fused-ring (bicyclic) bond motifs is 1. The first-order chi connectivity index (χ1) is 12.1. The first kappa shape index (κ1) is 16.7. The van der Waals surface area contributed by atoms with Crippen LogP contribution in [0.4, 0.5) is 0 Å². The molecule has 1 saturated heterocycles. The summed E-state index contributed by atoms with van der Waals surface area (Å²) in [6.07, 6.45) is 6.09. The smallest absolute Gasteiger partial charge is 0.218 e. The van der Waals surface area contributed by atoms with E-state index >= 15 is 0 Å². The molecule has 6 nitrogen and oxygen atoms in total. The van der Waals surface area contributed by atoms with Crippen LogP contribution in [0, 0.1) is 0 Å². The number of nitrogens with zero attached hydrogens (tertiary/aromatic N) is 4. The number of sulfonamides is 1. The lowest BCUT2D eigenvalue weighted by Gasteiger charge is -2.24. The van der Waals surface area contributed by atoms with E-state index in [1.54, 1.807) is 4.31 Å². The molecule has 1 fully saturated rings. The number of hydrogen-bond donors (Lipinski definition) is 0. The van der Waals surface area contributed by atoms with Crippen molar-refractivity contribution in [2.45, 2.75) is 56.9 Å². The average Bonchev–Trinajstić information content (AvgIpc) is 3.17. The molecule has 0 N–H and O–H groups in total. The van der Waals surface area contributed by atoms with Gasteiger partial charge >= 0.3 is 0 Å². The van der Waals surface area contributed by atoms with Crippen molar-refractivity contribution in [3.8, 4) is 0 Å². The summed E-state index contributed by atoms with van der Waals surface area (Å²) in [6.45, 7) is 1.47. The summed E-state index contributed by atoms with van der Waals surface area (Å²) in [5.74, 6) is 1.90. The molecule has 2 aliphatic heterocycles. The van der Waals surface area contributed by atoms with Crippen LogP contribution in [-0.2, 0) is 28.7 Å². The van der Waals surface area contributed by atoms with Gasteiger partial charge in [-0.1, -0.05) is 36.8 Å². The maximum atomic E-state index is 13.0. The molecule has 0 amide bonds. The Bertz CT molecular complexity index is 832. The summed E-state index contributed by atoms with van der Waals surface area (Å²) in [5, 5.41) is 8.75. The Morgan fingerprint density at radius 2 is 1.84 bits per heavy atom. The van der Waals surface area contributed by atoms with E-state index in [0.717, 1.165) is 55.9 Å². The molecule has 2 aromatic rings. The minimum Gasteiger partial charge on any atom is -0.314 e. The lowest BCUT2D eigenvalue weighted by atomic mass is 10.2. The maximum Gasteiger partial charge on any atom is 0.218 e. The minimum absolute atomic E-state index is 0.0470. The van der Waals surface area contributed by atoms with Gasteiger partial charge in [-0.25, -0.2) is 8.42 Å². The maximum absolute atomic E-state index is 13.0. The molecule has 3 heterocycles. The highest BCUT2D eigenvalue weighted by Gasteiger charge is 2.38. The Morgan fingerprint density at radius 1 is 1.00 bits per heavy atom. The van der Waals surface area contributed by atoms with Crippen LogP contribution < -0.4 is 0 Å². The van der Waals surface area contributed by atoms with Gasteiger partial charge in [-0.3, -0.25) is 0 Å². The number of rotatable bonds is 4. The first-order valence-electron chi connectivity index (χ1n) is 9.10. The highest BCUT2D eigenvalue weighted by atomic mass is 32.2. The summed E-state index contributed by atoms with van der Waals surface area (Å²) in [7, 11) is -3.37. The van der Waals surface area contributed by atoms with E-state index < -0.39 is 10.0 Å². The van der Waals surface area contributed by atoms with Gasteiger partial charge < -0.3 is 4.57 Å². The predicted molar refractivity (Wildman–Crippen MR) is 95.3 cm³/mol. The van der Waals surface area contributed by atoms with Gasteiger partial charge in [0.05, 0.1) is 11.8 Å². The molecule has 4 rings (SSSR count). The van der Waals surface area contributed by atoms with E-state index in [-0.39, 0.29) is 11.8 Å². The lowest BCUT2D eigenvalue weighted by Crippen LogP contribution is -2.33. The van der Waals surface area contributed by atoms with Gasteiger partial charge in [0.15, 0.2) is 5.82 Å². The molecular formula is C18H24N4O2S. The van der Waals surface area contributed by atoms with Crippen molar-refractivity contribution < 1.29 is 8.42 Å². The Balaban J connectivity index is 1.61. The Hall–Kier alpha value is -1.73. The third-order valence-corrected chi connectivity index (χ3v) is 7.04. The van der Waals surface area contributed by atoms with Crippen molar-refractivity contribution in [1.82, 2.24) is 19.1 Å². The lowest BCUT2D eigenvalue weighted by molar-refractivity contribution is 0.370. The molecule has 0 radical (unpaired) electrons. The second kappa shape index (κ2) is 6.88. The van der Waals surface area contributed by atoms with Crippen LogP contribution in [0.2, 0.25) is 0 Å². The summed E-state index contributed by atoms with van der Waals surface area (Å²) >= 11 is 0. The molecule has 0 bridgehead atoms. The summed E-state index contributed by atoms with van der Waals surface area (Å²) in [4.78, 5) is 0. The first-order valence-corrected chi connectivity index (χ1v) is 10.7. The highest BCUT2D eigenvalue weighted by molar-refractivity contribution is 7.88. The van der Waals surface area contributed by atoms with Gasteiger partial charge in [-0.2, -0.15) is 4.31 Å². The van der Waals surface area contributed by atoms with E-state index in [4.69, 9.17) is 0 Å². The third-order valence-electron chi connectivity index (χ3n) is 5.19. The molecule has 1 aromatic heterocycles. The van der Waals surface area contributed by atoms with E-state index in [2.05, 4.69) is 14.8 Å². The molecule has 7 heteroatoms. The minimum atomic E-state index is -3.37. The summed E-state index contributed by atoms with van der Waals surface area (Å²) in [5.41, 5.74) is 0.827. The van der Waals surface area contributed by atoms with Crippen molar-refractivity contribution in [1.29, 1.82) is 0 Å². The SMILES string of the molecule is O=S(=O)(Cc1ccccc1)N1CCC[C@@H]1c1nnc2n1CCCCC2. The second-order valence-corrected chi connectivity index (χ2v) is 8.87. The van der Waals surface area contributed by atoms with Gasteiger partial charge in [-0.05, 0) is 31.2 Å². The van der Waals surface area contributed by atoms with Gasteiger partial charge in [0.1, 0.15) is 5.82 Å². The zero-order chi connectivity index (χ0) is 17.3. The van der Waals surface area contributed by atoms with Crippen LogP contribution in [-0.4, -0.2) is 34.0 Å². The fourth-order valence-corrected chi connectivity index (χ4v) is 5.73. The van der Waals surface area contributed by atoms with Crippen molar-refractivity contribution in [2.24, 2.45) is 0 Å². The van der Waals surface area contributed by atoms with Crippen LogP contribution in [0.15, 0.2) is 30.3 Å². The topological polar surface area (TPSA) is 68.1 Å². The van der Waals surface area contributed by atoms with Crippen LogP contribution >= 0.6 is 0 Å². The van der Waals surface area contributed by atoms with Crippen molar-refractivity contribution in [3.63, 3.8) is 0 Å². The van der Waals surface area contributed by atoms with Gasteiger partial charge in [0.25, 0.3) is 0 Å². The molecule has 0 saturated carbocycles. The molecule has 0 unspecified atom stereocenters.